The highest BCUT2D eigenvalue weighted by Gasteiger charge is 2.08. The molecule has 0 bridgehead atoms. The van der Waals surface area contributed by atoms with Gasteiger partial charge in [0.25, 0.3) is 0 Å². The smallest absolute Gasteiger partial charge is 0.0568 e. The van der Waals surface area contributed by atoms with Gasteiger partial charge >= 0.3 is 0 Å². The zero-order valence-electron chi connectivity index (χ0n) is 9.76. The summed E-state index contributed by atoms with van der Waals surface area (Å²) in [5.74, 6) is 1.01. The lowest BCUT2D eigenvalue weighted by molar-refractivity contribution is 0.672. The lowest BCUT2D eigenvalue weighted by Gasteiger charge is -2.09. The molecule has 0 heterocycles. The number of benzene rings is 1. The van der Waals surface area contributed by atoms with Crippen LogP contribution in [0.25, 0.3) is 0 Å². The maximum atomic E-state index is 12.5. The van der Waals surface area contributed by atoms with Crippen molar-refractivity contribution in [3.63, 3.8) is 0 Å². The molecule has 0 saturated heterocycles. The number of nitrogens with zero attached hydrogens (tertiary/aromatic N) is 1. The Morgan fingerprint density at radius 1 is 1.31 bits per heavy atom. The van der Waals surface area contributed by atoms with Crippen LogP contribution < -0.4 is 5.73 Å². The van der Waals surface area contributed by atoms with E-state index in [9.17, 15) is 4.21 Å². The normalized spacial score (nSPS) is 14.4. The zero-order chi connectivity index (χ0) is 11.9. The molecular weight excluding hydrogens is 220 g/mol. The fourth-order valence-corrected chi connectivity index (χ4v) is 3.42. The van der Waals surface area contributed by atoms with Crippen molar-refractivity contribution in [2.24, 2.45) is 10.1 Å². The third kappa shape index (κ3) is 4.33. The molecule has 1 aromatic rings. The van der Waals surface area contributed by atoms with Crippen LogP contribution in [0.15, 0.2) is 34.7 Å². The van der Waals surface area contributed by atoms with Gasteiger partial charge in [0.05, 0.1) is 15.5 Å². The molecule has 0 saturated carbocycles. The van der Waals surface area contributed by atoms with Gasteiger partial charge in [-0.2, -0.15) is 0 Å². The summed E-state index contributed by atoms with van der Waals surface area (Å²) in [6, 6.07) is 9.83. The van der Waals surface area contributed by atoms with E-state index in [1.807, 2.05) is 37.3 Å². The summed E-state index contributed by atoms with van der Waals surface area (Å²) in [6.45, 7) is 3.12. The molecule has 1 rings (SSSR count). The number of hydrogen-bond acceptors (Lipinski definition) is 3. The number of rotatable bonds is 6. The molecule has 1 atom stereocenters. The number of nitrogens with two attached hydrogens (primary N) is 1. The summed E-state index contributed by atoms with van der Waals surface area (Å²) >= 11 is 0. The Hall–Kier alpha value is -0.870. The van der Waals surface area contributed by atoms with E-state index in [2.05, 4.69) is 4.36 Å². The van der Waals surface area contributed by atoms with Crippen molar-refractivity contribution >= 4 is 9.73 Å². The minimum Gasteiger partial charge on any atom is -0.330 e. The number of hydrogen-bond donors (Lipinski definition) is 1. The molecular formula is C12H20N2OS. The first-order valence-corrected chi connectivity index (χ1v) is 7.48. The zero-order valence-corrected chi connectivity index (χ0v) is 10.6. The first-order valence-electron chi connectivity index (χ1n) is 5.62. The first-order chi connectivity index (χ1) is 7.70. The second-order valence-electron chi connectivity index (χ2n) is 3.75. The van der Waals surface area contributed by atoms with Gasteiger partial charge in [0.1, 0.15) is 0 Å². The van der Waals surface area contributed by atoms with Crippen molar-refractivity contribution in [2.45, 2.75) is 19.1 Å². The predicted octanol–water partition coefficient (Wildman–Crippen LogP) is 2.02. The van der Waals surface area contributed by atoms with E-state index >= 15 is 0 Å². The van der Waals surface area contributed by atoms with Crippen LogP contribution >= 0.6 is 0 Å². The highest BCUT2D eigenvalue weighted by Crippen LogP contribution is 2.09. The van der Waals surface area contributed by atoms with Gasteiger partial charge in [-0.25, -0.2) is 8.57 Å². The van der Waals surface area contributed by atoms with E-state index in [0.29, 0.717) is 24.6 Å². The van der Waals surface area contributed by atoms with E-state index in [0.717, 1.165) is 12.0 Å². The van der Waals surface area contributed by atoms with Gasteiger partial charge in [-0.1, -0.05) is 37.3 Å². The lowest BCUT2D eigenvalue weighted by Crippen LogP contribution is -2.17. The van der Waals surface area contributed by atoms with Crippen LogP contribution in [0.4, 0.5) is 0 Å². The molecule has 3 nitrogen and oxygen atoms in total. The fourth-order valence-electron chi connectivity index (χ4n) is 1.46. The van der Waals surface area contributed by atoms with Crippen LogP contribution in [0, 0.1) is 0 Å². The predicted molar refractivity (Wildman–Crippen MR) is 69.8 cm³/mol. The molecule has 2 N–H and O–H groups in total. The summed E-state index contributed by atoms with van der Waals surface area (Å²) in [7, 11) is -2.15. The summed E-state index contributed by atoms with van der Waals surface area (Å²) in [5, 5.41) is 0. The average Bonchev–Trinajstić information content (AvgIpc) is 2.28. The van der Waals surface area contributed by atoms with Crippen molar-refractivity contribution in [2.75, 3.05) is 18.8 Å². The Labute approximate surface area is 98.2 Å². The molecule has 90 valence electrons. The van der Waals surface area contributed by atoms with Crippen molar-refractivity contribution in [1.29, 1.82) is 0 Å². The van der Waals surface area contributed by atoms with Crippen LogP contribution in [0.3, 0.4) is 0 Å². The monoisotopic (exact) mass is 240 g/mol. The molecule has 1 unspecified atom stereocenters. The molecule has 0 aliphatic heterocycles. The first kappa shape index (κ1) is 13.2. The quantitative estimate of drug-likeness (QED) is 0.827. The summed E-state index contributed by atoms with van der Waals surface area (Å²) in [5.41, 5.74) is 6.57. The summed E-state index contributed by atoms with van der Waals surface area (Å²) < 4.78 is 16.8. The van der Waals surface area contributed by atoms with Gasteiger partial charge in [0, 0.05) is 18.8 Å². The van der Waals surface area contributed by atoms with Crippen molar-refractivity contribution in [3.8, 4) is 0 Å². The summed E-state index contributed by atoms with van der Waals surface area (Å²) in [6.07, 6.45) is 0.927. The van der Waals surface area contributed by atoms with Crippen LogP contribution in [0.1, 0.15) is 18.9 Å². The topological polar surface area (TPSA) is 55.5 Å². The molecule has 0 fully saturated rings. The van der Waals surface area contributed by atoms with Crippen molar-refractivity contribution in [3.05, 3.63) is 35.9 Å². The largest absolute Gasteiger partial charge is 0.330 e. The minimum absolute atomic E-state index is 0.429. The Bertz CT molecular complexity index is 408. The van der Waals surface area contributed by atoms with Gasteiger partial charge in [-0.15, -0.1) is 0 Å². The highest BCUT2D eigenvalue weighted by atomic mass is 32.2. The molecule has 0 radical (unpaired) electrons. The molecule has 0 amide bonds. The Kier molecular flexibility index (Phi) is 5.49. The van der Waals surface area contributed by atoms with Gasteiger partial charge < -0.3 is 5.73 Å². The van der Waals surface area contributed by atoms with Gasteiger partial charge in [-0.3, -0.25) is 0 Å². The Morgan fingerprint density at radius 2 is 2.00 bits per heavy atom. The van der Waals surface area contributed by atoms with Crippen molar-refractivity contribution < 1.29 is 4.21 Å². The molecule has 0 aromatic heterocycles. The third-order valence-electron chi connectivity index (χ3n) is 2.22. The van der Waals surface area contributed by atoms with E-state index in [4.69, 9.17) is 5.73 Å². The van der Waals surface area contributed by atoms with Crippen LogP contribution in [0.2, 0.25) is 0 Å². The Morgan fingerprint density at radius 3 is 2.56 bits per heavy atom. The SMILES string of the molecule is CCCN=S(=O)(CCN)Cc1ccccc1. The highest BCUT2D eigenvalue weighted by molar-refractivity contribution is 7.92. The molecule has 4 heteroatoms. The molecule has 0 aliphatic carbocycles. The van der Waals surface area contributed by atoms with E-state index < -0.39 is 9.73 Å². The third-order valence-corrected chi connectivity index (χ3v) is 4.53. The van der Waals surface area contributed by atoms with Crippen molar-refractivity contribution in [1.82, 2.24) is 0 Å². The lowest BCUT2D eigenvalue weighted by atomic mass is 10.2. The van der Waals surface area contributed by atoms with E-state index in [-0.39, 0.29) is 0 Å². The molecule has 0 aliphatic rings. The van der Waals surface area contributed by atoms with E-state index in [1.165, 1.54) is 0 Å². The van der Waals surface area contributed by atoms with Gasteiger partial charge in [0.15, 0.2) is 0 Å². The van der Waals surface area contributed by atoms with Crippen LogP contribution in [-0.2, 0) is 15.5 Å². The van der Waals surface area contributed by atoms with Crippen LogP contribution in [-0.4, -0.2) is 23.1 Å². The molecule has 1 aromatic carbocycles. The second kappa shape index (κ2) is 6.66. The van der Waals surface area contributed by atoms with Crippen LogP contribution in [0.5, 0.6) is 0 Å². The Balaban J connectivity index is 2.83. The van der Waals surface area contributed by atoms with Gasteiger partial charge in [0.2, 0.25) is 0 Å². The minimum atomic E-state index is -2.15. The maximum absolute atomic E-state index is 12.5. The maximum Gasteiger partial charge on any atom is 0.0568 e. The summed E-state index contributed by atoms with van der Waals surface area (Å²) in [4.78, 5) is 0. The van der Waals surface area contributed by atoms with E-state index in [1.54, 1.807) is 0 Å². The molecule has 16 heavy (non-hydrogen) atoms. The average molecular weight is 240 g/mol. The van der Waals surface area contributed by atoms with Gasteiger partial charge in [-0.05, 0) is 12.0 Å². The molecule has 0 spiro atoms. The fraction of sp³-hybridized carbons (Fsp3) is 0.500. The standard InChI is InChI=1S/C12H20N2OS/c1-2-9-14-16(15,10-8-13)11-12-6-4-3-5-7-12/h3-7H,2,8-11,13H2,1H3. The second-order valence-corrected chi connectivity index (χ2v) is 6.25.